The van der Waals surface area contributed by atoms with Crippen molar-refractivity contribution in [3.05, 3.63) is 22.7 Å². The Morgan fingerprint density at radius 1 is 1.64 bits per heavy atom. The molecule has 0 fully saturated rings. The second kappa shape index (κ2) is 5.39. The first kappa shape index (κ1) is 10.7. The van der Waals surface area contributed by atoms with E-state index < -0.39 is 0 Å². The normalized spacial score (nSPS) is 10.1. The summed E-state index contributed by atoms with van der Waals surface area (Å²) in [5, 5.41) is 2.92. The van der Waals surface area contributed by atoms with Gasteiger partial charge in [0.2, 0.25) is 0 Å². The van der Waals surface area contributed by atoms with Crippen LogP contribution in [0.2, 0.25) is 0 Å². The van der Waals surface area contributed by atoms with Crippen LogP contribution in [-0.4, -0.2) is 29.8 Å². The summed E-state index contributed by atoms with van der Waals surface area (Å²) in [5.74, 6) is 0.171. The second-order valence-electron chi connectivity index (χ2n) is 2.78. The zero-order chi connectivity index (χ0) is 10.4. The molecule has 0 aliphatic heterocycles. The lowest BCUT2D eigenvalue weighted by Crippen LogP contribution is -2.24. The van der Waals surface area contributed by atoms with Crippen LogP contribution >= 0.6 is 0 Å². The van der Waals surface area contributed by atoms with Gasteiger partial charge in [-0.3, -0.25) is 4.79 Å². The van der Waals surface area contributed by atoms with Crippen molar-refractivity contribution in [1.82, 2.24) is 14.9 Å². The number of nitrogens with one attached hydrogen (secondary N) is 1. The van der Waals surface area contributed by atoms with Crippen LogP contribution in [-0.2, 0) is 6.54 Å². The Hall–Kier alpha value is -1.36. The maximum atomic E-state index is 11.5. The average molecular weight is 197 g/mol. The van der Waals surface area contributed by atoms with E-state index in [0.29, 0.717) is 19.7 Å². The third kappa shape index (κ3) is 2.56. The molecule has 1 heterocycles. The van der Waals surface area contributed by atoms with Gasteiger partial charge in [0.15, 0.2) is 0 Å². The minimum absolute atomic E-state index is 0.171. The Bertz CT molecular complexity index is 335. The fraction of sp³-hybridized carbons (Fsp3) is 0.556. The molecule has 1 N–H and O–H groups in total. The van der Waals surface area contributed by atoms with Crippen molar-refractivity contribution in [1.29, 1.82) is 0 Å². The highest BCUT2D eigenvalue weighted by atomic mass is 16.5. The first-order valence-electron chi connectivity index (χ1n) is 4.62. The molecule has 78 valence electrons. The van der Waals surface area contributed by atoms with Crippen molar-refractivity contribution >= 4 is 0 Å². The van der Waals surface area contributed by atoms with Crippen molar-refractivity contribution in [2.24, 2.45) is 0 Å². The molecular formula is C9H15N3O2. The van der Waals surface area contributed by atoms with E-state index in [4.69, 9.17) is 4.74 Å². The Morgan fingerprint density at radius 2 is 2.43 bits per heavy atom. The minimum Gasteiger partial charge on any atom is -0.472 e. The third-order valence-corrected chi connectivity index (χ3v) is 1.81. The number of rotatable bonds is 5. The maximum Gasteiger partial charge on any atom is 0.313 e. The Labute approximate surface area is 82.7 Å². The number of nitrogens with zero attached hydrogens (tertiary/aromatic N) is 2. The molecular weight excluding hydrogens is 182 g/mol. The molecule has 5 nitrogen and oxygen atoms in total. The molecule has 0 atom stereocenters. The van der Waals surface area contributed by atoms with Crippen molar-refractivity contribution in [2.45, 2.75) is 13.5 Å². The van der Waals surface area contributed by atoms with Crippen LogP contribution in [0, 0.1) is 0 Å². The van der Waals surface area contributed by atoms with E-state index in [0.717, 1.165) is 0 Å². The Morgan fingerprint density at radius 3 is 3.07 bits per heavy atom. The molecule has 14 heavy (non-hydrogen) atoms. The molecule has 1 aromatic heterocycles. The van der Waals surface area contributed by atoms with Crippen LogP contribution in [0.3, 0.4) is 0 Å². The van der Waals surface area contributed by atoms with Crippen molar-refractivity contribution < 1.29 is 4.74 Å². The van der Waals surface area contributed by atoms with E-state index in [1.807, 2.05) is 14.0 Å². The summed E-state index contributed by atoms with van der Waals surface area (Å²) in [6.45, 7) is 3.68. The summed E-state index contributed by atoms with van der Waals surface area (Å²) in [7, 11) is 1.83. The summed E-state index contributed by atoms with van der Waals surface area (Å²) in [5.41, 5.74) is -0.175. The predicted molar refractivity (Wildman–Crippen MR) is 53.6 cm³/mol. The standard InChI is InChI=1S/C9H15N3O2/c1-3-12-6-4-11-8(9(12)13)14-7-5-10-2/h4,6,10H,3,5,7H2,1-2H3. The number of aryl methyl sites for hydroxylation is 1. The van der Waals surface area contributed by atoms with Gasteiger partial charge in [0.25, 0.3) is 5.88 Å². The zero-order valence-electron chi connectivity index (χ0n) is 8.49. The molecule has 0 spiro atoms. The molecule has 0 unspecified atom stereocenters. The van der Waals surface area contributed by atoms with E-state index in [-0.39, 0.29) is 11.4 Å². The largest absolute Gasteiger partial charge is 0.472 e. The zero-order valence-corrected chi connectivity index (χ0v) is 8.49. The lowest BCUT2D eigenvalue weighted by Gasteiger charge is -2.05. The topological polar surface area (TPSA) is 56.1 Å². The average Bonchev–Trinajstić information content (AvgIpc) is 2.21. The van der Waals surface area contributed by atoms with Gasteiger partial charge in [-0.25, -0.2) is 4.98 Å². The van der Waals surface area contributed by atoms with E-state index in [9.17, 15) is 4.79 Å². The van der Waals surface area contributed by atoms with E-state index in [1.54, 1.807) is 17.0 Å². The molecule has 0 saturated carbocycles. The van der Waals surface area contributed by atoms with Crippen LogP contribution < -0.4 is 15.6 Å². The van der Waals surface area contributed by atoms with Gasteiger partial charge < -0.3 is 14.6 Å². The highest BCUT2D eigenvalue weighted by Crippen LogP contribution is 1.95. The van der Waals surface area contributed by atoms with Crippen molar-refractivity contribution in [3.63, 3.8) is 0 Å². The molecule has 5 heteroatoms. The van der Waals surface area contributed by atoms with Crippen LogP contribution in [0.15, 0.2) is 17.2 Å². The lowest BCUT2D eigenvalue weighted by molar-refractivity contribution is 0.298. The van der Waals surface area contributed by atoms with E-state index in [1.165, 1.54) is 0 Å². The molecule has 0 aliphatic carbocycles. The highest BCUT2D eigenvalue weighted by molar-refractivity contribution is 5.04. The quantitative estimate of drug-likeness (QED) is 0.668. The SMILES string of the molecule is CCn1ccnc(OCCNC)c1=O. The first-order valence-corrected chi connectivity index (χ1v) is 4.62. The summed E-state index contributed by atoms with van der Waals surface area (Å²) in [4.78, 5) is 15.4. The van der Waals surface area contributed by atoms with Crippen LogP contribution in [0.1, 0.15) is 6.92 Å². The number of hydrogen-bond acceptors (Lipinski definition) is 4. The summed E-state index contributed by atoms with van der Waals surface area (Å²) >= 11 is 0. The van der Waals surface area contributed by atoms with Gasteiger partial charge in [-0.2, -0.15) is 0 Å². The number of hydrogen-bond donors (Lipinski definition) is 1. The Balaban J connectivity index is 2.72. The van der Waals surface area contributed by atoms with Crippen LogP contribution in [0.4, 0.5) is 0 Å². The molecule has 0 aliphatic rings. The Kier molecular flexibility index (Phi) is 4.12. The molecule has 0 radical (unpaired) electrons. The summed E-state index contributed by atoms with van der Waals surface area (Å²) in [6.07, 6.45) is 3.22. The van der Waals surface area contributed by atoms with Gasteiger partial charge in [-0.05, 0) is 14.0 Å². The first-order chi connectivity index (χ1) is 6.79. The van der Waals surface area contributed by atoms with Crippen LogP contribution in [0.5, 0.6) is 5.88 Å². The fourth-order valence-corrected chi connectivity index (χ4v) is 1.03. The van der Waals surface area contributed by atoms with E-state index in [2.05, 4.69) is 10.3 Å². The monoisotopic (exact) mass is 197 g/mol. The van der Waals surface area contributed by atoms with Crippen LogP contribution in [0.25, 0.3) is 0 Å². The molecule has 1 rings (SSSR count). The molecule has 0 bridgehead atoms. The summed E-state index contributed by atoms with van der Waals surface area (Å²) < 4.78 is 6.77. The van der Waals surface area contributed by atoms with Gasteiger partial charge in [0.1, 0.15) is 6.61 Å². The lowest BCUT2D eigenvalue weighted by atomic mass is 10.6. The van der Waals surface area contributed by atoms with Gasteiger partial charge in [-0.15, -0.1) is 0 Å². The third-order valence-electron chi connectivity index (χ3n) is 1.81. The molecule has 0 amide bonds. The minimum atomic E-state index is -0.175. The predicted octanol–water partition coefficient (Wildman–Crippen LogP) is -0.139. The van der Waals surface area contributed by atoms with Gasteiger partial charge >= 0.3 is 5.56 Å². The fourth-order valence-electron chi connectivity index (χ4n) is 1.03. The molecule has 0 aromatic carbocycles. The van der Waals surface area contributed by atoms with E-state index >= 15 is 0 Å². The maximum absolute atomic E-state index is 11.5. The van der Waals surface area contributed by atoms with Gasteiger partial charge in [-0.1, -0.05) is 0 Å². The number of ether oxygens (including phenoxy) is 1. The number of likely N-dealkylation sites (N-methyl/N-ethyl adjacent to an activating group) is 1. The highest BCUT2D eigenvalue weighted by Gasteiger charge is 2.03. The molecule has 1 aromatic rings. The summed E-state index contributed by atoms with van der Waals surface area (Å²) in [6, 6.07) is 0. The van der Waals surface area contributed by atoms with Crippen molar-refractivity contribution in [3.8, 4) is 5.88 Å². The molecule has 0 saturated heterocycles. The van der Waals surface area contributed by atoms with Gasteiger partial charge in [0.05, 0.1) is 0 Å². The van der Waals surface area contributed by atoms with Crippen molar-refractivity contribution in [2.75, 3.05) is 20.2 Å². The number of aromatic nitrogens is 2. The smallest absolute Gasteiger partial charge is 0.313 e. The second-order valence-corrected chi connectivity index (χ2v) is 2.78. The van der Waals surface area contributed by atoms with Gasteiger partial charge in [0, 0.05) is 25.5 Å².